The van der Waals surface area contributed by atoms with Gasteiger partial charge in [-0.25, -0.2) is 13.7 Å². The Bertz CT molecular complexity index is 1170. The van der Waals surface area contributed by atoms with E-state index in [0.29, 0.717) is 6.67 Å². The molecule has 4 aromatic rings. The van der Waals surface area contributed by atoms with Gasteiger partial charge >= 0.3 is 11.8 Å². The number of rotatable bonds is 7. The highest BCUT2D eigenvalue weighted by Gasteiger charge is 2.11. The third kappa shape index (κ3) is 5.24. The van der Waals surface area contributed by atoms with Crippen molar-refractivity contribution >= 4 is 28.8 Å². The first-order valence-electron chi connectivity index (χ1n) is 9.91. The fraction of sp³-hybridized carbons (Fsp3) is 0.130. The van der Waals surface area contributed by atoms with Crippen LogP contribution in [0.3, 0.4) is 0 Å². The minimum absolute atomic E-state index is 0.560. The molecule has 0 aliphatic rings. The number of pyridine rings is 1. The molecule has 0 fully saturated rings. The second kappa shape index (κ2) is 9.53. The highest BCUT2D eigenvalue weighted by molar-refractivity contribution is 5.50. The van der Waals surface area contributed by atoms with Crippen LogP contribution in [-0.2, 0) is 20.8 Å². The van der Waals surface area contributed by atoms with Crippen molar-refractivity contribution in [2.24, 2.45) is 34.6 Å². The molecule has 8 heteroatoms. The molecule has 0 saturated heterocycles. The normalized spacial score (nSPS) is 11.4. The van der Waals surface area contributed by atoms with Crippen LogP contribution in [0, 0.1) is 0 Å². The Labute approximate surface area is 180 Å². The molecule has 4 rings (SSSR count). The summed E-state index contributed by atoms with van der Waals surface area (Å²) in [5.41, 5.74) is 2.58. The number of azo groups is 2. The van der Waals surface area contributed by atoms with Crippen LogP contribution in [0.1, 0.15) is 0 Å². The van der Waals surface area contributed by atoms with Crippen LogP contribution in [0.25, 0.3) is 0 Å². The molecule has 0 radical (unpaired) electrons. The van der Waals surface area contributed by atoms with Crippen molar-refractivity contribution in [3.63, 3.8) is 0 Å². The van der Waals surface area contributed by atoms with E-state index in [4.69, 9.17) is 0 Å². The minimum atomic E-state index is 0.560. The van der Waals surface area contributed by atoms with Gasteiger partial charge in [-0.3, -0.25) is 0 Å². The highest BCUT2D eigenvalue weighted by Crippen LogP contribution is 2.19. The van der Waals surface area contributed by atoms with E-state index in [-0.39, 0.29) is 0 Å². The minimum Gasteiger partial charge on any atom is -0.349 e. The van der Waals surface area contributed by atoms with Gasteiger partial charge in [-0.15, -0.1) is 0 Å². The van der Waals surface area contributed by atoms with Crippen LogP contribution in [0.5, 0.6) is 0 Å². The highest BCUT2D eigenvalue weighted by atomic mass is 15.3. The monoisotopic (exact) mass is 412 g/mol. The van der Waals surface area contributed by atoms with Gasteiger partial charge in [-0.2, -0.15) is 0 Å². The van der Waals surface area contributed by atoms with E-state index in [2.05, 4.69) is 25.8 Å². The number of imidazole rings is 1. The van der Waals surface area contributed by atoms with Crippen LogP contribution < -0.4 is 14.5 Å². The van der Waals surface area contributed by atoms with Gasteiger partial charge in [0.15, 0.2) is 6.67 Å². The number of nitrogens with zero attached hydrogens (tertiary/aromatic N) is 7. The topological polar surface area (TPSA) is 74.2 Å². The summed E-state index contributed by atoms with van der Waals surface area (Å²) in [7, 11) is 3.88. The molecule has 154 valence electrons. The van der Waals surface area contributed by atoms with Crippen molar-refractivity contribution in [2.75, 3.05) is 5.32 Å². The van der Waals surface area contributed by atoms with Crippen LogP contribution >= 0.6 is 0 Å². The molecule has 0 aliphatic heterocycles. The van der Waals surface area contributed by atoms with E-state index in [9.17, 15) is 0 Å². The molecule has 1 N–H and O–H groups in total. The number of aryl methyl sites for hydroxylation is 2. The van der Waals surface area contributed by atoms with Gasteiger partial charge in [0, 0.05) is 16.9 Å². The fourth-order valence-electron chi connectivity index (χ4n) is 2.94. The second-order valence-electron chi connectivity index (χ2n) is 6.97. The van der Waals surface area contributed by atoms with E-state index in [1.807, 2.05) is 119 Å². The lowest BCUT2D eigenvalue weighted by molar-refractivity contribution is -0.678. The van der Waals surface area contributed by atoms with Crippen molar-refractivity contribution in [1.29, 1.82) is 0 Å². The summed E-state index contributed by atoms with van der Waals surface area (Å²) >= 11 is 0. The predicted molar refractivity (Wildman–Crippen MR) is 118 cm³/mol. The lowest BCUT2D eigenvalue weighted by atomic mass is 10.3. The van der Waals surface area contributed by atoms with Gasteiger partial charge in [-0.05, 0) is 47.6 Å². The first-order valence-corrected chi connectivity index (χ1v) is 9.91. The maximum absolute atomic E-state index is 4.38. The molecule has 2 aromatic carbocycles. The molecule has 0 aliphatic carbocycles. The summed E-state index contributed by atoms with van der Waals surface area (Å²) < 4.78 is 5.84. The maximum Gasteiger partial charge on any atom is 0.421 e. The summed E-state index contributed by atoms with van der Waals surface area (Å²) in [6.45, 7) is 0.560. The van der Waals surface area contributed by atoms with Gasteiger partial charge in [0.25, 0.3) is 0 Å². The molecule has 0 saturated carbocycles. The van der Waals surface area contributed by atoms with Gasteiger partial charge < -0.3 is 5.32 Å². The zero-order chi connectivity index (χ0) is 21.5. The molecule has 31 heavy (non-hydrogen) atoms. The van der Waals surface area contributed by atoms with E-state index >= 15 is 0 Å². The van der Waals surface area contributed by atoms with Crippen molar-refractivity contribution in [3.05, 3.63) is 91.4 Å². The Morgan fingerprint density at radius 3 is 2.23 bits per heavy atom. The number of nitrogens with one attached hydrogen (secondary N) is 1. The zero-order valence-electron chi connectivity index (χ0n) is 17.5. The number of hydrogen-bond donors (Lipinski definition) is 1. The zero-order valence-corrected chi connectivity index (χ0v) is 17.5. The van der Waals surface area contributed by atoms with Gasteiger partial charge in [0.05, 0.1) is 37.8 Å². The third-order valence-corrected chi connectivity index (χ3v) is 4.66. The van der Waals surface area contributed by atoms with Crippen LogP contribution in [0.2, 0.25) is 0 Å². The van der Waals surface area contributed by atoms with Crippen molar-refractivity contribution in [2.45, 2.75) is 6.67 Å². The summed E-state index contributed by atoms with van der Waals surface area (Å²) in [6, 6.07) is 23.4. The van der Waals surface area contributed by atoms with Crippen molar-refractivity contribution in [1.82, 2.24) is 4.57 Å². The Morgan fingerprint density at radius 1 is 0.774 bits per heavy atom. The summed E-state index contributed by atoms with van der Waals surface area (Å²) in [6.07, 6.45) is 5.85. The summed E-state index contributed by atoms with van der Waals surface area (Å²) in [5.74, 6) is 1.54. The first-order chi connectivity index (χ1) is 15.2. The van der Waals surface area contributed by atoms with E-state index in [1.54, 1.807) is 0 Å². The summed E-state index contributed by atoms with van der Waals surface area (Å²) in [4.78, 5) is 0. The lowest BCUT2D eigenvalue weighted by Gasteiger charge is -2.06. The molecule has 2 aromatic heterocycles. The molecular weight excluding hydrogens is 388 g/mol. The molecule has 0 spiro atoms. The average molecular weight is 413 g/mol. The maximum atomic E-state index is 4.38. The molecule has 0 atom stereocenters. The Balaban J connectivity index is 1.40. The van der Waals surface area contributed by atoms with E-state index < -0.39 is 0 Å². The van der Waals surface area contributed by atoms with E-state index in [1.165, 1.54) is 0 Å². The molecule has 0 bridgehead atoms. The van der Waals surface area contributed by atoms with E-state index in [0.717, 1.165) is 28.8 Å². The average Bonchev–Trinajstić information content (AvgIpc) is 3.14. The SMILES string of the molecule is Cn1cc[n+](C)c1N=Nc1ccc(NC[n+]2ccccc2N=Nc2ccccc2)cc1. The van der Waals surface area contributed by atoms with Gasteiger partial charge in [0.1, 0.15) is 11.4 Å². The molecule has 0 amide bonds. The number of hydrogen-bond acceptors (Lipinski definition) is 5. The smallest absolute Gasteiger partial charge is 0.349 e. The quantitative estimate of drug-likeness (QED) is 0.335. The van der Waals surface area contributed by atoms with Crippen molar-refractivity contribution < 1.29 is 9.13 Å². The molecular formula is C23H24N8+2. The Morgan fingerprint density at radius 2 is 1.48 bits per heavy atom. The largest absolute Gasteiger partial charge is 0.421 e. The summed E-state index contributed by atoms with van der Waals surface area (Å²) in [5, 5.41) is 20.7. The second-order valence-corrected chi connectivity index (χ2v) is 6.97. The number of aromatic nitrogens is 3. The van der Waals surface area contributed by atoms with Gasteiger partial charge in [-0.1, -0.05) is 29.4 Å². The third-order valence-electron chi connectivity index (χ3n) is 4.66. The van der Waals surface area contributed by atoms with Crippen molar-refractivity contribution in [3.8, 4) is 0 Å². The fourth-order valence-corrected chi connectivity index (χ4v) is 2.94. The Hall–Kier alpha value is -4.20. The molecule has 8 nitrogen and oxygen atoms in total. The number of benzene rings is 2. The lowest BCUT2D eigenvalue weighted by Crippen LogP contribution is -2.37. The molecule has 2 heterocycles. The standard InChI is InChI=1S/C23H23N8/c1-29-16-17-30(2)23(29)28-26-21-13-11-19(12-14-21)24-18-31-15-7-6-10-22(31)27-25-20-8-4-3-5-9-20/h3-17H,18H2,1-2H3/q+1/p+1. The van der Waals surface area contributed by atoms with Crippen LogP contribution in [0.4, 0.5) is 28.8 Å². The molecule has 0 unspecified atom stereocenters. The van der Waals surface area contributed by atoms with Gasteiger partial charge in [0.2, 0.25) is 0 Å². The van der Waals surface area contributed by atoms with Crippen LogP contribution in [0.15, 0.2) is 112 Å². The van der Waals surface area contributed by atoms with Crippen LogP contribution in [-0.4, -0.2) is 4.57 Å². The first kappa shape index (κ1) is 20.1. The predicted octanol–water partition coefficient (Wildman–Crippen LogP) is 5.04. The Kier molecular flexibility index (Phi) is 6.18. The number of anilines is 1.